The van der Waals surface area contributed by atoms with Gasteiger partial charge in [-0.25, -0.2) is 0 Å². The number of hydrogen-bond donors (Lipinski definition) is 3. The third kappa shape index (κ3) is 3.52. The Labute approximate surface area is 188 Å². The van der Waals surface area contributed by atoms with Crippen molar-refractivity contribution in [3.05, 3.63) is 88.5 Å². The zero-order chi connectivity index (χ0) is 23.0. The minimum Gasteiger partial charge on any atom is -0.508 e. The Bertz CT molecular complexity index is 1250. The molecule has 4 rings (SSSR count). The van der Waals surface area contributed by atoms with E-state index in [1.807, 2.05) is 0 Å². The average molecular weight is 452 g/mol. The van der Waals surface area contributed by atoms with Crippen molar-refractivity contribution in [2.45, 2.75) is 6.04 Å². The molecule has 1 fully saturated rings. The van der Waals surface area contributed by atoms with E-state index in [1.165, 1.54) is 55.6 Å². The number of aromatic hydroxyl groups is 2. The number of aliphatic hydroxyl groups is 1. The normalized spacial score (nSPS) is 17.6. The molecule has 7 nitrogen and oxygen atoms in total. The first kappa shape index (κ1) is 21.3. The first-order valence-corrected chi connectivity index (χ1v) is 9.93. The monoisotopic (exact) mass is 451 g/mol. The van der Waals surface area contributed by atoms with Crippen molar-refractivity contribution in [3.63, 3.8) is 0 Å². The number of para-hydroxylation sites is 2. The Morgan fingerprint density at radius 1 is 1.00 bits per heavy atom. The van der Waals surface area contributed by atoms with Crippen molar-refractivity contribution in [2.75, 3.05) is 12.0 Å². The fourth-order valence-corrected chi connectivity index (χ4v) is 3.90. The van der Waals surface area contributed by atoms with Gasteiger partial charge in [0.1, 0.15) is 23.0 Å². The molecule has 0 radical (unpaired) electrons. The number of hydrogen-bond acceptors (Lipinski definition) is 6. The van der Waals surface area contributed by atoms with E-state index in [0.29, 0.717) is 10.6 Å². The van der Waals surface area contributed by atoms with Gasteiger partial charge < -0.3 is 20.1 Å². The molecule has 3 N–H and O–H groups in total. The van der Waals surface area contributed by atoms with E-state index in [0.717, 1.165) is 4.90 Å². The second-order valence-corrected chi connectivity index (χ2v) is 7.53. The van der Waals surface area contributed by atoms with Crippen molar-refractivity contribution in [1.29, 1.82) is 0 Å². The third-order valence-electron chi connectivity index (χ3n) is 5.21. The Morgan fingerprint density at radius 2 is 1.69 bits per heavy atom. The predicted molar refractivity (Wildman–Crippen MR) is 119 cm³/mol. The van der Waals surface area contributed by atoms with Crippen molar-refractivity contribution >= 4 is 34.7 Å². The number of phenols is 2. The second kappa shape index (κ2) is 8.28. The smallest absolute Gasteiger partial charge is 0.300 e. The minimum atomic E-state index is -1.08. The molecule has 0 spiro atoms. The first-order chi connectivity index (χ1) is 15.3. The zero-order valence-electron chi connectivity index (χ0n) is 16.8. The predicted octanol–water partition coefficient (Wildman–Crippen LogP) is 4.39. The van der Waals surface area contributed by atoms with Crippen LogP contribution in [0.2, 0.25) is 5.02 Å². The molecule has 32 heavy (non-hydrogen) atoms. The summed E-state index contributed by atoms with van der Waals surface area (Å²) in [5.41, 5.74) is 0.473. The summed E-state index contributed by atoms with van der Waals surface area (Å²) < 4.78 is 5.29. The lowest BCUT2D eigenvalue weighted by Gasteiger charge is -2.26. The lowest BCUT2D eigenvalue weighted by atomic mass is 9.94. The highest BCUT2D eigenvalue weighted by molar-refractivity contribution is 6.52. The summed E-state index contributed by atoms with van der Waals surface area (Å²) in [6.07, 6.45) is 0. The van der Waals surface area contributed by atoms with Gasteiger partial charge in [-0.1, -0.05) is 35.9 Å². The van der Waals surface area contributed by atoms with E-state index in [4.69, 9.17) is 16.3 Å². The summed E-state index contributed by atoms with van der Waals surface area (Å²) in [7, 11) is 1.40. The van der Waals surface area contributed by atoms with Crippen LogP contribution in [-0.2, 0) is 9.59 Å². The van der Waals surface area contributed by atoms with Gasteiger partial charge in [0.25, 0.3) is 11.7 Å². The number of carbonyl (C=O) groups is 2. The number of ether oxygens (including phenoxy) is 1. The van der Waals surface area contributed by atoms with Gasteiger partial charge >= 0.3 is 0 Å². The van der Waals surface area contributed by atoms with Gasteiger partial charge in [-0.2, -0.15) is 0 Å². The SMILES string of the molecule is COc1ccc(Cl)cc1/C(O)=C1\C(=O)C(=O)N(c2ccccc2O)C1c1ccc(O)cc1. The molecule has 0 aromatic heterocycles. The molecule has 8 heteroatoms. The molecule has 1 saturated heterocycles. The molecule has 0 bridgehead atoms. The number of methoxy groups -OCH3 is 1. The summed E-state index contributed by atoms with van der Waals surface area (Å²) in [6, 6.07) is 15.4. The highest BCUT2D eigenvalue weighted by Gasteiger charge is 2.47. The van der Waals surface area contributed by atoms with Crippen LogP contribution in [0.25, 0.3) is 5.76 Å². The second-order valence-electron chi connectivity index (χ2n) is 7.09. The van der Waals surface area contributed by atoms with Gasteiger partial charge in [-0.05, 0) is 48.0 Å². The van der Waals surface area contributed by atoms with Crippen LogP contribution in [0.3, 0.4) is 0 Å². The van der Waals surface area contributed by atoms with Gasteiger partial charge in [0, 0.05) is 5.02 Å². The standard InChI is InChI=1S/C24H18ClNO6/c1-32-19-11-8-14(25)12-16(19)22(29)20-21(13-6-9-15(27)10-7-13)26(24(31)23(20)30)17-4-2-3-5-18(17)28/h2-12,21,27-29H,1H3/b22-20+. The fraction of sp³-hybridized carbons (Fsp3) is 0.0833. The zero-order valence-corrected chi connectivity index (χ0v) is 17.6. The summed E-state index contributed by atoms with van der Waals surface area (Å²) in [5.74, 6) is -2.30. The van der Waals surface area contributed by atoms with Crippen molar-refractivity contribution in [2.24, 2.45) is 0 Å². The highest BCUT2D eigenvalue weighted by Crippen LogP contribution is 2.45. The van der Waals surface area contributed by atoms with E-state index in [1.54, 1.807) is 18.2 Å². The van der Waals surface area contributed by atoms with Gasteiger partial charge in [0.15, 0.2) is 0 Å². The number of rotatable bonds is 4. The van der Waals surface area contributed by atoms with Crippen LogP contribution in [0, 0.1) is 0 Å². The van der Waals surface area contributed by atoms with Crippen LogP contribution in [-0.4, -0.2) is 34.1 Å². The van der Waals surface area contributed by atoms with Gasteiger partial charge in [0.05, 0.1) is 30.0 Å². The van der Waals surface area contributed by atoms with Crippen LogP contribution < -0.4 is 9.64 Å². The van der Waals surface area contributed by atoms with Crippen LogP contribution in [0.5, 0.6) is 17.2 Å². The van der Waals surface area contributed by atoms with Gasteiger partial charge in [0.2, 0.25) is 0 Å². The number of nitrogens with zero attached hydrogens (tertiary/aromatic N) is 1. The van der Waals surface area contributed by atoms with Crippen LogP contribution in [0.4, 0.5) is 5.69 Å². The Hall–Kier alpha value is -3.97. The van der Waals surface area contributed by atoms with Gasteiger partial charge in [-0.15, -0.1) is 0 Å². The Morgan fingerprint density at radius 3 is 2.34 bits per heavy atom. The number of carbonyl (C=O) groups excluding carboxylic acids is 2. The van der Waals surface area contributed by atoms with E-state index in [-0.39, 0.29) is 34.1 Å². The minimum absolute atomic E-state index is 0.00947. The molecular weight excluding hydrogens is 434 g/mol. The fourth-order valence-electron chi connectivity index (χ4n) is 3.73. The van der Waals surface area contributed by atoms with Crippen LogP contribution in [0.15, 0.2) is 72.3 Å². The maximum atomic E-state index is 13.1. The molecule has 1 aliphatic heterocycles. The lowest BCUT2D eigenvalue weighted by Crippen LogP contribution is -2.29. The van der Waals surface area contributed by atoms with Crippen LogP contribution >= 0.6 is 11.6 Å². The number of aliphatic hydroxyl groups excluding tert-OH is 1. The van der Waals surface area contributed by atoms with Crippen molar-refractivity contribution in [3.8, 4) is 17.2 Å². The number of halogens is 1. The Kier molecular flexibility index (Phi) is 5.50. The summed E-state index contributed by atoms with van der Waals surface area (Å²) in [5, 5.41) is 31.6. The largest absolute Gasteiger partial charge is 0.508 e. The molecular formula is C24H18ClNO6. The molecule has 3 aromatic rings. The third-order valence-corrected chi connectivity index (χ3v) is 5.45. The lowest BCUT2D eigenvalue weighted by molar-refractivity contribution is -0.132. The molecule has 1 atom stereocenters. The molecule has 0 aliphatic carbocycles. The topological polar surface area (TPSA) is 107 Å². The summed E-state index contributed by atoms with van der Waals surface area (Å²) in [6.45, 7) is 0. The quantitative estimate of drug-likeness (QED) is 0.308. The maximum Gasteiger partial charge on any atom is 0.300 e. The molecule has 162 valence electrons. The average Bonchev–Trinajstić information content (AvgIpc) is 3.04. The van der Waals surface area contributed by atoms with E-state index in [2.05, 4.69) is 0 Å². The van der Waals surface area contributed by atoms with Crippen molar-refractivity contribution in [1.82, 2.24) is 0 Å². The van der Waals surface area contributed by atoms with E-state index in [9.17, 15) is 24.9 Å². The summed E-state index contributed by atoms with van der Waals surface area (Å²) in [4.78, 5) is 27.3. The molecule has 1 amide bonds. The highest BCUT2D eigenvalue weighted by atomic mass is 35.5. The number of benzene rings is 3. The Balaban J connectivity index is 2.01. The first-order valence-electron chi connectivity index (χ1n) is 9.55. The molecule has 1 heterocycles. The number of amides is 1. The molecule has 0 saturated carbocycles. The van der Waals surface area contributed by atoms with Gasteiger partial charge in [-0.3, -0.25) is 14.5 Å². The van der Waals surface area contributed by atoms with E-state index < -0.39 is 23.5 Å². The number of anilines is 1. The maximum absolute atomic E-state index is 13.1. The molecule has 3 aromatic carbocycles. The van der Waals surface area contributed by atoms with Crippen molar-refractivity contribution < 1.29 is 29.6 Å². The summed E-state index contributed by atoms with van der Waals surface area (Å²) >= 11 is 6.09. The van der Waals surface area contributed by atoms with Crippen LogP contribution in [0.1, 0.15) is 17.2 Å². The molecule has 1 aliphatic rings. The number of ketones is 1. The molecule has 1 unspecified atom stereocenters. The van der Waals surface area contributed by atoms with E-state index >= 15 is 0 Å². The number of phenolic OH excluding ortho intramolecular Hbond substituents is 2. The number of Topliss-reactive ketones (excluding diaryl/α,β-unsaturated/α-hetero) is 1.